The predicted octanol–water partition coefficient (Wildman–Crippen LogP) is 4.91. The average molecular weight is 418 g/mol. The van der Waals surface area contributed by atoms with E-state index in [1.54, 1.807) is 5.57 Å². The van der Waals surface area contributed by atoms with Crippen molar-refractivity contribution >= 4 is 16.8 Å². The van der Waals surface area contributed by atoms with Crippen molar-refractivity contribution in [1.82, 2.24) is 14.8 Å². The fraction of sp³-hybridized carbons (Fsp3) is 0.593. The number of aromatic amines is 1. The molecule has 1 N–H and O–H groups in total. The lowest BCUT2D eigenvalue weighted by atomic mass is 9.68. The molecule has 2 bridgehead atoms. The van der Waals surface area contributed by atoms with Crippen LogP contribution in [0.3, 0.4) is 0 Å². The third kappa shape index (κ3) is 3.53. The first-order chi connectivity index (χ1) is 15.3. The molecule has 0 spiro atoms. The molecule has 1 amide bonds. The maximum absolute atomic E-state index is 13.4. The molecule has 6 rings (SSSR count). The fourth-order valence-electron chi connectivity index (χ4n) is 7.17. The highest BCUT2D eigenvalue weighted by atomic mass is 16.2. The highest BCUT2D eigenvalue weighted by Crippen LogP contribution is 2.45. The second kappa shape index (κ2) is 8.12. The summed E-state index contributed by atoms with van der Waals surface area (Å²) in [5.41, 5.74) is 4.13. The van der Waals surface area contributed by atoms with E-state index in [1.807, 2.05) is 0 Å². The SMILES string of the molecule is O=C(CCCc1c[nH]c2ccccc12)N1CCCC2=C[C@@H]3C[C@@H](CN4CCCC[C@H]34)[C@@H]21. The molecule has 3 saturated heterocycles. The number of nitrogens with one attached hydrogen (secondary N) is 1. The van der Waals surface area contributed by atoms with E-state index in [-0.39, 0.29) is 0 Å². The number of aryl methyl sites for hydroxylation is 1. The quantitative estimate of drug-likeness (QED) is 0.718. The van der Waals surface area contributed by atoms with Gasteiger partial charge >= 0.3 is 0 Å². The first kappa shape index (κ1) is 19.6. The molecule has 4 heterocycles. The summed E-state index contributed by atoms with van der Waals surface area (Å²) in [4.78, 5) is 21.8. The number of hydrogen-bond acceptors (Lipinski definition) is 2. The van der Waals surface area contributed by atoms with Gasteiger partial charge in [0.05, 0.1) is 6.04 Å². The summed E-state index contributed by atoms with van der Waals surface area (Å²) in [6.07, 6.45) is 15.1. The number of para-hydroxylation sites is 1. The number of carbonyl (C=O) groups is 1. The minimum atomic E-state index is 0.383. The lowest BCUT2D eigenvalue weighted by molar-refractivity contribution is -0.136. The van der Waals surface area contributed by atoms with Gasteiger partial charge in [0.15, 0.2) is 0 Å². The molecular formula is C27H35N3O. The molecule has 0 saturated carbocycles. The number of hydrogen-bond donors (Lipinski definition) is 1. The Morgan fingerprint density at radius 1 is 1.13 bits per heavy atom. The summed E-state index contributed by atoms with van der Waals surface area (Å²) in [6.45, 7) is 3.44. The maximum atomic E-state index is 13.4. The van der Waals surface area contributed by atoms with Crippen LogP contribution in [0.15, 0.2) is 42.1 Å². The molecule has 3 fully saturated rings. The first-order valence-electron chi connectivity index (χ1n) is 12.6. The molecule has 4 nitrogen and oxygen atoms in total. The van der Waals surface area contributed by atoms with Crippen molar-refractivity contribution in [2.45, 2.75) is 69.9 Å². The Kier molecular flexibility index (Phi) is 5.14. The monoisotopic (exact) mass is 417 g/mol. The van der Waals surface area contributed by atoms with Crippen LogP contribution < -0.4 is 0 Å². The van der Waals surface area contributed by atoms with E-state index in [0.717, 1.165) is 37.8 Å². The van der Waals surface area contributed by atoms with Crippen molar-refractivity contribution in [2.24, 2.45) is 11.8 Å². The zero-order chi connectivity index (χ0) is 20.8. The number of amides is 1. The van der Waals surface area contributed by atoms with Crippen LogP contribution in [0.5, 0.6) is 0 Å². The van der Waals surface area contributed by atoms with Crippen molar-refractivity contribution in [3.8, 4) is 0 Å². The number of nitrogens with zero attached hydrogens (tertiary/aromatic N) is 2. The van der Waals surface area contributed by atoms with E-state index in [4.69, 9.17) is 0 Å². The summed E-state index contributed by atoms with van der Waals surface area (Å²) >= 11 is 0. The molecule has 164 valence electrons. The second-order valence-electron chi connectivity index (χ2n) is 10.3. The molecule has 4 heteroatoms. The molecule has 1 aliphatic carbocycles. The largest absolute Gasteiger partial charge is 0.361 e. The van der Waals surface area contributed by atoms with Gasteiger partial charge in [0, 0.05) is 42.7 Å². The van der Waals surface area contributed by atoms with Gasteiger partial charge in [-0.15, -0.1) is 0 Å². The average Bonchev–Trinajstić information content (AvgIpc) is 3.22. The van der Waals surface area contributed by atoms with E-state index in [9.17, 15) is 4.79 Å². The number of H-pyrrole nitrogens is 1. The van der Waals surface area contributed by atoms with E-state index < -0.39 is 0 Å². The summed E-state index contributed by atoms with van der Waals surface area (Å²) in [5, 5.41) is 1.30. The van der Waals surface area contributed by atoms with Crippen LogP contribution in [0.25, 0.3) is 10.9 Å². The van der Waals surface area contributed by atoms with Gasteiger partial charge in [0.1, 0.15) is 0 Å². The van der Waals surface area contributed by atoms with Crippen molar-refractivity contribution in [3.05, 3.63) is 47.7 Å². The van der Waals surface area contributed by atoms with Gasteiger partial charge in [0.25, 0.3) is 0 Å². The van der Waals surface area contributed by atoms with Crippen molar-refractivity contribution < 1.29 is 4.79 Å². The highest BCUT2D eigenvalue weighted by molar-refractivity contribution is 5.83. The predicted molar refractivity (Wildman–Crippen MR) is 125 cm³/mol. The lowest BCUT2D eigenvalue weighted by Crippen LogP contribution is -2.60. The molecule has 2 aromatic rings. The number of benzene rings is 1. The van der Waals surface area contributed by atoms with Crippen LogP contribution in [-0.4, -0.2) is 52.4 Å². The molecule has 4 atom stereocenters. The topological polar surface area (TPSA) is 39.3 Å². The van der Waals surface area contributed by atoms with Gasteiger partial charge in [0.2, 0.25) is 5.91 Å². The number of likely N-dealkylation sites (tertiary alicyclic amines) is 1. The molecule has 1 aromatic carbocycles. The summed E-state index contributed by atoms with van der Waals surface area (Å²) in [6, 6.07) is 9.63. The van der Waals surface area contributed by atoms with Crippen LogP contribution in [-0.2, 0) is 11.2 Å². The van der Waals surface area contributed by atoms with Gasteiger partial charge in [-0.2, -0.15) is 0 Å². The first-order valence-corrected chi connectivity index (χ1v) is 12.6. The third-order valence-corrected chi connectivity index (χ3v) is 8.49. The zero-order valence-corrected chi connectivity index (χ0v) is 18.6. The summed E-state index contributed by atoms with van der Waals surface area (Å²) < 4.78 is 0. The Hall–Kier alpha value is -2.07. The molecule has 3 aliphatic heterocycles. The molecular weight excluding hydrogens is 382 g/mol. The van der Waals surface area contributed by atoms with E-state index in [1.165, 1.54) is 61.7 Å². The maximum Gasteiger partial charge on any atom is 0.223 e. The van der Waals surface area contributed by atoms with E-state index in [0.29, 0.717) is 24.3 Å². The number of carbonyl (C=O) groups excluding carboxylic acids is 1. The van der Waals surface area contributed by atoms with Crippen LogP contribution in [0.1, 0.15) is 56.9 Å². The number of aromatic nitrogens is 1. The lowest BCUT2D eigenvalue weighted by Gasteiger charge is -2.54. The standard InChI is InChI=1S/C27H35N3O/c31-26(12-5-7-20-17-28-24-10-2-1-9-23(20)24)30-14-6-8-19-15-21-16-22(27(19)30)18-29-13-4-3-11-25(21)29/h1-2,9-10,15,17,21-22,25,27-28H,3-8,11-14,16,18H2/t21-,22+,25-,27-/m1/s1. The number of fused-ring (bicyclic) bond motifs is 7. The van der Waals surface area contributed by atoms with Gasteiger partial charge in [-0.25, -0.2) is 0 Å². The Bertz CT molecular complexity index is 991. The van der Waals surface area contributed by atoms with Gasteiger partial charge < -0.3 is 9.88 Å². The van der Waals surface area contributed by atoms with Gasteiger partial charge in [-0.05, 0) is 75.0 Å². The zero-order valence-electron chi connectivity index (χ0n) is 18.6. The molecule has 31 heavy (non-hydrogen) atoms. The van der Waals surface area contributed by atoms with Crippen LogP contribution in [0, 0.1) is 11.8 Å². The molecule has 0 radical (unpaired) electrons. The van der Waals surface area contributed by atoms with Crippen LogP contribution in [0.4, 0.5) is 0 Å². The second-order valence-corrected chi connectivity index (χ2v) is 10.3. The Morgan fingerprint density at radius 3 is 3.03 bits per heavy atom. The third-order valence-electron chi connectivity index (χ3n) is 8.49. The van der Waals surface area contributed by atoms with Crippen LogP contribution in [0.2, 0.25) is 0 Å². The van der Waals surface area contributed by atoms with Crippen LogP contribution >= 0.6 is 0 Å². The van der Waals surface area contributed by atoms with Crippen molar-refractivity contribution in [1.29, 1.82) is 0 Å². The van der Waals surface area contributed by atoms with E-state index >= 15 is 0 Å². The minimum Gasteiger partial charge on any atom is -0.361 e. The molecule has 0 unspecified atom stereocenters. The van der Waals surface area contributed by atoms with Crippen molar-refractivity contribution in [3.63, 3.8) is 0 Å². The molecule has 4 aliphatic rings. The fourth-order valence-corrected chi connectivity index (χ4v) is 7.17. The Balaban J connectivity index is 1.14. The summed E-state index contributed by atoms with van der Waals surface area (Å²) in [7, 11) is 0. The molecule has 1 aromatic heterocycles. The number of piperidine rings is 3. The normalized spacial score (nSPS) is 30.6. The van der Waals surface area contributed by atoms with Gasteiger partial charge in [-0.1, -0.05) is 36.3 Å². The van der Waals surface area contributed by atoms with E-state index in [2.05, 4.69) is 51.3 Å². The number of rotatable bonds is 4. The van der Waals surface area contributed by atoms with Crippen molar-refractivity contribution in [2.75, 3.05) is 19.6 Å². The minimum absolute atomic E-state index is 0.383. The van der Waals surface area contributed by atoms with Gasteiger partial charge in [-0.3, -0.25) is 9.69 Å². The highest BCUT2D eigenvalue weighted by Gasteiger charge is 2.46. The Morgan fingerprint density at radius 2 is 2.06 bits per heavy atom. The smallest absolute Gasteiger partial charge is 0.223 e. The summed E-state index contributed by atoms with van der Waals surface area (Å²) in [5.74, 6) is 1.77. The Labute approximate surface area is 185 Å².